The van der Waals surface area contributed by atoms with Gasteiger partial charge in [0.05, 0.1) is 18.7 Å². The van der Waals surface area contributed by atoms with Crippen LogP contribution in [0.15, 0.2) is 12.2 Å². The molecule has 172 valence electrons. The van der Waals surface area contributed by atoms with Gasteiger partial charge in [0.2, 0.25) is 0 Å². The molecule has 0 spiro atoms. The molecule has 29 heavy (non-hydrogen) atoms. The Morgan fingerprint density at radius 3 is 1.97 bits per heavy atom. The first-order chi connectivity index (χ1) is 14.0. The minimum absolute atomic E-state index is 0.0457. The van der Waals surface area contributed by atoms with E-state index in [1.54, 1.807) is 6.08 Å². The number of ether oxygens (including phenoxy) is 1. The van der Waals surface area contributed by atoms with Gasteiger partial charge in [0.15, 0.2) is 0 Å². The van der Waals surface area contributed by atoms with Gasteiger partial charge in [0, 0.05) is 0 Å². The molecule has 0 aromatic heterocycles. The van der Waals surface area contributed by atoms with Crippen LogP contribution >= 0.6 is 0 Å². The van der Waals surface area contributed by atoms with Crippen molar-refractivity contribution in [2.45, 2.75) is 110 Å². The average molecular weight is 413 g/mol. The zero-order valence-corrected chi connectivity index (χ0v) is 19.4. The molecule has 0 aliphatic heterocycles. The number of rotatable bonds is 20. The van der Waals surface area contributed by atoms with Crippen LogP contribution in [0.3, 0.4) is 0 Å². The number of unbranched alkanes of at least 4 members (excludes halogenated alkanes) is 11. The van der Waals surface area contributed by atoms with Gasteiger partial charge in [0.1, 0.15) is 6.61 Å². The number of carbonyl (C=O) groups is 1. The van der Waals surface area contributed by atoms with Crippen molar-refractivity contribution in [3.63, 3.8) is 0 Å². The molecule has 5 nitrogen and oxygen atoms in total. The normalized spacial score (nSPS) is 13.9. The summed E-state index contributed by atoms with van der Waals surface area (Å²) >= 11 is 0. The highest BCUT2D eigenvalue weighted by Crippen LogP contribution is 2.12. The molecule has 0 rings (SSSR count). The Hall–Kier alpha value is -0.910. The van der Waals surface area contributed by atoms with E-state index >= 15 is 0 Å². The largest absolute Gasteiger partial charge is 0.463 e. The third kappa shape index (κ3) is 17.6. The summed E-state index contributed by atoms with van der Waals surface area (Å²) in [6, 6.07) is -0.579. The number of esters is 1. The molecular formula is C24H48N2O3. The van der Waals surface area contributed by atoms with Crippen molar-refractivity contribution < 1.29 is 14.6 Å². The van der Waals surface area contributed by atoms with Crippen molar-refractivity contribution in [1.82, 2.24) is 4.90 Å². The van der Waals surface area contributed by atoms with Gasteiger partial charge in [-0.3, -0.25) is 9.69 Å². The third-order valence-electron chi connectivity index (χ3n) is 5.43. The van der Waals surface area contributed by atoms with Crippen LogP contribution in [-0.4, -0.2) is 54.4 Å². The molecule has 0 aliphatic carbocycles. The first-order valence-corrected chi connectivity index (χ1v) is 12.0. The van der Waals surface area contributed by atoms with Crippen LogP contribution < -0.4 is 5.73 Å². The SMILES string of the molecule is CCCCCCCCCCCCCC=CC(O)C(N)COC(=O)CN(CC)CC. The summed E-state index contributed by atoms with van der Waals surface area (Å²) in [5.74, 6) is -0.290. The highest BCUT2D eigenvalue weighted by molar-refractivity contribution is 5.71. The van der Waals surface area contributed by atoms with E-state index in [1.165, 1.54) is 64.2 Å². The molecule has 3 N–H and O–H groups in total. The van der Waals surface area contributed by atoms with Crippen LogP contribution in [-0.2, 0) is 9.53 Å². The van der Waals surface area contributed by atoms with Gasteiger partial charge in [-0.25, -0.2) is 0 Å². The van der Waals surface area contributed by atoms with E-state index in [9.17, 15) is 9.90 Å². The topological polar surface area (TPSA) is 75.8 Å². The minimum atomic E-state index is -0.774. The monoisotopic (exact) mass is 412 g/mol. The molecule has 0 saturated heterocycles. The molecule has 0 fully saturated rings. The first kappa shape index (κ1) is 28.1. The molecule has 0 saturated carbocycles. The number of hydrogen-bond acceptors (Lipinski definition) is 5. The van der Waals surface area contributed by atoms with Crippen LogP contribution in [0.2, 0.25) is 0 Å². The highest BCUT2D eigenvalue weighted by Gasteiger charge is 2.15. The van der Waals surface area contributed by atoms with E-state index in [4.69, 9.17) is 10.5 Å². The standard InChI is InChI=1S/C24H48N2O3/c1-4-7-8-9-10-11-12-13-14-15-16-17-18-19-23(27)22(25)21-29-24(28)20-26(5-2)6-3/h18-19,22-23,27H,4-17,20-21,25H2,1-3H3. The van der Waals surface area contributed by atoms with Crippen molar-refractivity contribution in [3.8, 4) is 0 Å². The second kappa shape index (κ2) is 20.4. The summed E-state index contributed by atoms with van der Waals surface area (Å²) in [5.41, 5.74) is 5.92. The van der Waals surface area contributed by atoms with Crippen LogP contribution in [0.4, 0.5) is 0 Å². The van der Waals surface area contributed by atoms with Crippen molar-refractivity contribution in [2.24, 2.45) is 5.73 Å². The Labute approximate surface area is 180 Å². The second-order valence-corrected chi connectivity index (χ2v) is 8.05. The predicted octanol–water partition coefficient (Wildman–Crippen LogP) is 4.82. The molecule has 0 radical (unpaired) electrons. The van der Waals surface area contributed by atoms with E-state index in [0.717, 1.165) is 25.9 Å². The number of nitrogens with zero attached hydrogens (tertiary/aromatic N) is 1. The van der Waals surface area contributed by atoms with Crippen molar-refractivity contribution >= 4 is 5.97 Å². The molecule has 0 amide bonds. The number of aliphatic hydroxyl groups is 1. The maximum atomic E-state index is 11.8. The molecule has 2 unspecified atom stereocenters. The lowest BCUT2D eigenvalue weighted by molar-refractivity contribution is -0.145. The van der Waals surface area contributed by atoms with Gasteiger partial charge in [-0.2, -0.15) is 0 Å². The van der Waals surface area contributed by atoms with E-state index in [1.807, 2.05) is 24.8 Å². The van der Waals surface area contributed by atoms with Gasteiger partial charge in [-0.1, -0.05) is 97.1 Å². The fraction of sp³-hybridized carbons (Fsp3) is 0.875. The molecular weight excluding hydrogens is 364 g/mol. The summed E-state index contributed by atoms with van der Waals surface area (Å²) < 4.78 is 5.18. The average Bonchev–Trinajstić information content (AvgIpc) is 2.73. The number of carbonyl (C=O) groups excluding carboxylic acids is 1. The van der Waals surface area contributed by atoms with Gasteiger partial charge in [-0.05, 0) is 25.9 Å². The van der Waals surface area contributed by atoms with Crippen LogP contribution in [0.5, 0.6) is 0 Å². The summed E-state index contributed by atoms with van der Waals surface area (Å²) in [7, 11) is 0. The van der Waals surface area contributed by atoms with E-state index < -0.39 is 12.1 Å². The zero-order valence-electron chi connectivity index (χ0n) is 19.4. The first-order valence-electron chi connectivity index (χ1n) is 12.0. The number of hydrogen-bond donors (Lipinski definition) is 2. The summed E-state index contributed by atoms with van der Waals surface area (Å²) in [5, 5.41) is 10.1. The van der Waals surface area contributed by atoms with Gasteiger partial charge >= 0.3 is 5.97 Å². The van der Waals surface area contributed by atoms with Crippen molar-refractivity contribution in [2.75, 3.05) is 26.2 Å². The summed E-state index contributed by atoms with van der Waals surface area (Å²) in [4.78, 5) is 13.7. The zero-order chi connectivity index (χ0) is 21.7. The fourth-order valence-corrected chi connectivity index (χ4v) is 3.27. The van der Waals surface area contributed by atoms with Crippen molar-refractivity contribution in [3.05, 3.63) is 12.2 Å². The smallest absolute Gasteiger partial charge is 0.320 e. The summed E-state index contributed by atoms with van der Waals surface area (Å²) in [6.45, 7) is 8.20. The summed E-state index contributed by atoms with van der Waals surface area (Å²) in [6.07, 6.45) is 18.6. The molecule has 0 bridgehead atoms. The number of likely N-dealkylation sites (N-methyl/N-ethyl adjacent to an activating group) is 1. The molecule has 0 aromatic rings. The highest BCUT2D eigenvalue weighted by atomic mass is 16.5. The molecule has 2 atom stereocenters. The van der Waals surface area contributed by atoms with E-state index in [0.29, 0.717) is 0 Å². The predicted molar refractivity (Wildman–Crippen MR) is 123 cm³/mol. The van der Waals surface area contributed by atoms with Gasteiger partial charge in [-0.15, -0.1) is 0 Å². The lowest BCUT2D eigenvalue weighted by Gasteiger charge is -2.19. The van der Waals surface area contributed by atoms with Crippen LogP contribution in [0.25, 0.3) is 0 Å². The maximum Gasteiger partial charge on any atom is 0.320 e. The number of nitrogens with two attached hydrogens (primary N) is 1. The molecule has 0 aromatic carbocycles. The van der Waals surface area contributed by atoms with Crippen LogP contribution in [0.1, 0.15) is 97.8 Å². The minimum Gasteiger partial charge on any atom is -0.463 e. The molecule has 5 heteroatoms. The van der Waals surface area contributed by atoms with Crippen molar-refractivity contribution in [1.29, 1.82) is 0 Å². The van der Waals surface area contributed by atoms with Gasteiger partial charge in [0.25, 0.3) is 0 Å². The van der Waals surface area contributed by atoms with Gasteiger partial charge < -0.3 is 15.6 Å². The van der Waals surface area contributed by atoms with E-state index in [2.05, 4.69) is 6.92 Å². The quantitative estimate of drug-likeness (QED) is 0.170. The Kier molecular flexibility index (Phi) is 19.7. The molecule has 0 aliphatic rings. The third-order valence-corrected chi connectivity index (χ3v) is 5.43. The Bertz CT molecular complexity index is 398. The lowest BCUT2D eigenvalue weighted by Crippen LogP contribution is -2.40. The maximum absolute atomic E-state index is 11.8. The fourth-order valence-electron chi connectivity index (χ4n) is 3.27. The van der Waals surface area contributed by atoms with E-state index in [-0.39, 0.29) is 19.1 Å². The second-order valence-electron chi connectivity index (χ2n) is 8.05. The lowest BCUT2D eigenvalue weighted by atomic mass is 10.0. The number of aliphatic hydroxyl groups excluding tert-OH is 1. The van der Waals surface area contributed by atoms with Crippen LogP contribution in [0, 0.1) is 0 Å². The Morgan fingerprint density at radius 2 is 1.45 bits per heavy atom. The molecule has 0 heterocycles. The Balaban J connectivity index is 3.62. The number of allylic oxidation sites excluding steroid dienone is 1. The Morgan fingerprint density at radius 1 is 0.931 bits per heavy atom.